The molecule has 3 heterocycles. The summed E-state index contributed by atoms with van der Waals surface area (Å²) in [5.74, 6) is 0.267. The Labute approximate surface area is 194 Å². The van der Waals surface area contributed by atoms with Crippen LogP contribution >= 0.6 is 0 Å². The van der Waals surface area contributed by atoms with Gasteiger partial charge in [-0.25, -0.2) is 9.59 Å². The van der Waals surface area contributed by atoms with E-state index in [4.69, 9.17) is 5.73 Å². The van der Waals surface area contributed by atoms with Gasteiger partial charge in [-0.1, -0.05) is 12.1 Å². The number of nitrogens with two attached hydrogens (primary N) is 1. The Balaban J connectivity index is 1.18. The normalized spacial score (nSPS) is 23.0. The fourth-order valence-electron chi connectivity index (χ4n) is 5.17. The Morgan fingerprint density at radius 2 is 1.97 bits per heavy atom. The van der Waals surface area contributed by atoms with Gasteiger partial charge in [0.25, 0.3) is 0 Å². The van der Waals surface area contributed by atoms with Crippen molar-refractivity contribution in [2.24, 2.45) is 11.1 Å². The van der Waals surface area contributed by atoms with Crippen molar-refractivity contribution in [1.29, 1.82) is 0 Å². The lowest BCUT2D eigenvalue weighted by molar-refractivity contribution is -0.0951. The van der Waals surface area contributed by atoms with Gasteiger partial charge < -0.3 is 16.0 Å². The minimum Gasteiger partial charge on any atom is -0.327 e. The van der Waals surface area contributed by atoms with Gasteiger partial charge in [0.2, 0.25) is 0 Å². The van der Waals surface area contributed by atoms with Crippen LogP contribution in [0.5, 0.6) is 0 Å². The SMILES string of the molecule is CC(Cc1ccc(-n2ccc(NC(=O)N3CCNCC3)nc2=O)cc1)N1CC2(CCC2N)C1. The van der Waals surface area contributed by atoms with Gasteiger partial charge in [-0.05, 0) is 49.9 Å². The summed E-state index contributed by atoms with van der Waals surface area (Å²) < 4.78 is 1.49. The third-order valence-corrected chi connectivity index (χ3v) is 7.59. The molecule has 1 saturated carbocycles. The molecule has 9 nitrogen and oxygen atoms in total. The maximum Gasteiger partial charge on any atom is 0.354 e. The monoisotopic (exact) mass is 451 g/mol. The van der Waals surface area contributed by atoms with Crippen LogP contribution in [0.15, 0.2) is 41.3 Å². The first kappa shape index (κ1) is 22.1. The number of piperazine rings is 1. The smallest absolute Gasteiger partial charge is 0.327 e. The molecule has 1 aliphatic carbocycles. The molecule has 4 N–H and O–H groups in total. The van der Waals surface area contributed by atoms with Gasteiger partial charge in [0.1, 0.15) is 5.82 Å². The Bertz CT molecular complexity index is 1060. The third-order valence-electron chi connectivity index (χ3n) is 7.59. The third kappa shape index (κ3) is 4.40. The van der Waals surface area contributed by atoms with Gasteiger partial charge >= 0.3 is 11.7 Å². The zero-order chi connectivity index (χ0) is 23.0. The lowest BCUT2D eigenvalue weighted by atomic mass is 9.59. The number of hydrogen-bond donors (Lipinski definition) is 3. The number of carbonyl (C=O) groups is 1. The number of rotatable bonds is 5. The molecular formula is C24H33N7O2. The number of carbonyl (C=O) groups excluding carboxylic acids is 1. The molecule has 3 aliphatic rings. The van der Waals surface area contributed by atoms with Crippen molar-refractivity contribution in [2.75, 3.05) is 44.6 Å². The van der Waals surface area contributed by atoms with E-state index in [1.165, 1.54) is 23.0 Å². The molecule has 2 atom stereocenters. The van der Waals surface area contributed by atoms with Crippen molar-refractivity contribution in [3.63, 3.8) is 0 Å². The molecule has 5 rings (SSSR count). The maximum atomic E-state index is 12.6. The fraction of sp³-hybridized carbons (Fsp3) is 0.542. The van der Waals surface area contributed by atoms with Crippen LogP contribution in [0.1, 0.15) is 25.3 Å². The van der Waals surface area contributed by atoms with Crippen molar-refractivity contribution < 1.29 is 4.79 Å². The Morgan fingerprint density at radius 1 is 1.24 bits per heavy atom. The van der Waals surface area contributed by atoms with E-state index in [0.29, 0.717) is 30.6 Å². The quantitative estimate of drug-likeness (QED) is 0.627. The van der Waals surface area contributed by atoms with E-state index < -0.39 is 5.69 Å². The molecule has 9 heteroatoms. The predicted octanol–water partition coefficient (Wildman–Crippen LogP) is 1.02. The van der Waals surface area contributed by atoms with Crippen molar-refractivity contribution >= 4 is 11.8 Å². The number of amides is 2. The van der Waals surface area contributed by atoms with Crippen LogP contribution in [-0.2, 0) is 6.42 Å². The van der Waals surface area contributed by atoms with E-state index in [-0.39, 0.29) is 11.8 Å². The number of anilines is 1. The average Bonchev–Trinajstić information content (AvgIpc) is 2.78. The molecule has 176 valence electrons. The molecular weight excluding hydrogens is 418 g/mol. The van der Waals surface area contributed by atoms with E-state index in [2.05, 4.69) is 39.6 Å². The fourth-order valence-corrected chi connectivity index (χ4v) is 5.17. The first-order valence-corrected chi connectivity index (χ1v) is 11.9. The minimum absolute atomic E-state index is 0.230. The predicted molar refractivity (Wildman–Crippen MR) is 128 cm³/mol. The van der Waals surface area contributed by atoms with Crippen LogP contribution in [0.2, 0.25) is 0 Å². The van der Waals surface area contributed by atoms with Gasteiger partial charge in [0.05, 0.1) is 5.69 Å². The topological polar surface area (TPSA) is 109 Å². The standard InChI is InChI=1S/C24H33N7O2/c1-17(30-15-24(16-30)8-6-20(24)25)14-18-2-4-19(5-3-18)31-11-7-21(28-23(31)33)27-22(32)29-12-9-26-10-13-29/h2-5,7,11,17,20,26H,6,8-10,12-16,25H2,1H3,(H,27,28,32,33). The van der Waals surface area contributed by atoms with Crippen LogP contribution in [0.4, 0.5) is 10.6 Å². The second-order valence-electron chi connectivity index (χ2n) is 9.76. The highest BCUT2D eigenvalue weighted by Crippen LogP contribution is 2.48. The number of nitrogens with one attached hydrogen (secondary N) is 2. The van der Waals surface area contributed by atoms with Crippen LogP contribution in [-0.4, -0.2) is 76.7 Å². The average molecular weight is 452 g/mol. The number of aromatic nitrogens is 2. The Morgan fingerprint density at radius 3 is 2.58 bits per heavy atom. The first-order chi connectivity index (χ1) is 15.9. The molecule has 3 fully saturated rings. The molecule has 2 aromatic rings. The van der Waals surface area contributed by atoms with E-state index in [9.17, 15) is 9.59 Å². The lowest BCUT2D eigenvalue weighted by Gasteiger charge is -2.61. The number of benzene rings is 1. The van der Waals surface area contributed by atoms with Crippen molar-refractivity contribution in [3.8, 4) is 5.69 Å². The highest BCUT2D eigenvalue weighted by molar-refractivity contribution is 5.88. The molecule has 0 radical (unpaired) electrons. The summed E-state index contributed by atoms with van der Waals surface area (Å²) in [4.78, 5) is 33.2. The van der Waals surface area contributed by atoms with E-state index >= 15 is 0 Å². The van der Waals surface area contributed by atoms with Gasteiger partial charge in [0.15, 0.2) is 0 Å². The maximum absolute atomic E-state index is 12.6. The van der Waals surface area contributed by atoms with Crippen LogP contribution in [0.25, 0.3) is 5.69 Å². The number of nitrogens with zero attached hydrogens (tertiary/aromatic N) is 4. The van der Waals surface area contributed by atoms with Crippen molar-refractivity contribution in [3.05, 3.63) is 52.6 Å². The molecule has 2 unspecified atom stereocenters. The molecule has 2 saturated heterocycles. The highest BCUT2D eigenvalue weighted by Gasteiger charge is 2.53. The molecule has 0 bridgehead atoms. The number of hydrogen-bond acceptors (Lipinski definition) is 6. The summed E-state index contributed by atoms with van der Waals surface area (Å²) in [6.45, 7) is 7.32. The van der Waals surface area contributed by atoms with Gasteiger partial charge in [0, 0.05) is 63.0 Å². The van der Waals surface area contributed by atoms with Crippen molar-refractivity contribution in [1.82, 2.24) is 24.7 Å². The molecule has 1 spiro atoms. The van der Waals surface area contributed by atoms with Crippen LogP contribution < -0.4 is 22.1 Å². The van der Waals surface area contributed by atoms with E-state index in [0.717, 1.165) is 38.3 Å². The summed E-state index contributed by atoms with van der Waals surface area (Å²) in [6.07, 6.45) is 5.06. The summed E-state index contributed by atoms with van der Waals surface area (Å²) in [5.41, 5.74) is 8.17. The molecule has 1 aromatic heterocycles. The highest BCUT2D eigenvalue weighted by atomic mass is 16.2. The minimum atomic E-state index is -0.419. The van der Waals surface area contributed by atoms with Crippen molar-refractivity contribution in [2.45, 2.75) is 38.3 Å². The molecule has 2 aliphatic heterocycles. The second kappa shape index (κ2) is 8.89. The van der Waals surface area contributed by atoms with Crippen LogP contribution in [0, 0.1) is 5.41 Å². The zero-order valence-corrected chi connectivity index (χ0v) is 19.2. The largest absolute Gasteiger partial charge is 0.354 e. The lowest BCUT2D eigenvalue weighted by Crippen LogP contribution is -2.70. The van der Waals surface area contributed by atoms with E-state index in [1.54, 1.807) is 17.2 Å². The number of urea groups is 1. The Hall–Kier alpha value is -2.75. The van der Waals surface area contributed by atoms with Gasteiger partial charge in [-0.15, -0.1) is 0 Å². The summed E-state index contributed by atoms with van der Waals surface area (Å²) >= 11 is 0. The summed E-state index contributed by atoms with van der Waals surface area (Å²) in [5, 5.41) is 5.93. The summed E-state index contributed by atoms with van der Waals surface area (Å²) in [7, 11) is 0. The molecule has 2 amide bonds. The Kier molecular flexibility index (Phi) is 5.94. The van der Waals surface area contributed by atoms with E-state index in [1.807, 2.05) is 12.1 Å². The number of likely N-dealkylation sites (tertiary alicyclic amines) is 1. The zero-order valence-electron chi connectivity index (χ0n) is 19.2. The van der Waals surface area contributed by atoms with Gasteiger partial charge in [-0.3, -0.25) is 14.8 Å². The summed E-state index contributed by atoms with van der Waals surface area (Å²) in [6, 6.07) is 10.3. The van der Waals surface area contributed by atoms with Gasteiger partial charge in [-0.2, -0.15) is 4.98 Å². The molecule has 33 heavy (non-hydrogen) atoms. The second-order valence-corrected chi connectivity index (χ2v) is 9.76. The van der Waals surface area contributed by atoms with Crippen LogP contribution in [0.3, 0.4) is 0 Å². The molecule has 1 aromatic carbocycles. The first-order valence-electron chi connectivity index (χ1n) is 11.9.